The Balaban J connectivity index is 1.89. The van der Waals surface area contributed by atoms with Crippen LogP contribution in [0.15, 0.2) is 11.4 Å². The number of thiophene rings is 1. The van der Waals surface area contributed by atoms with Crippen LogP contribution in [0.25, 0.3) is 0 Å². The standard InChI is InChI=1S/C14H20ClNO2S/c15-11-3-10-19-12(11)13(17)14(4-1-2-5-14)16-6-8-18-9-7-16/h3,10,13,17H,1-2,4-9H2. The lowest BCUT2D eigenvalue weighted by Crippen LogP contribution is -2.55. The molecule has 3 rings (SSSR count). The Labute approximate surface area is 123 Å². The summed E-state index contributed by atoms with van der Waals surface area (Å²) < 4.78 is 5.45. The third-order valence-electron chi connectivity index (χ3n) is 4.51. The van der Waals surface area contributed by atoms with Gasteiger partial charge < -0.3 is 9.84 Å². The van der Waals surface area contributed by atoms with Crippen LogP contribution in [0.3, 0.4) is 0 Å². The highest BCUT2D eigenvalue weighted by molar-refractivity contribution is 7.10. The summed E-state index contributed by atoms with van der Waals surface area (Å²) in [6, 6.07) is 1.88. The fourth-order valence-corrected chi connectivity index (χ4v) is 4.76. The number of ether oxygens (including phenoxy) is 1. The number of hydrogen-bond acceptors (Lipinski definition) is 4. The van der Waals surface area contributed by atoms with Gasteiger partial charge >= 0.3 is 0 Å². The maximum Gasteiger partial charge on any atom is 0.108 e. The first-order chi connectivity index (χ1) is 9.24. The SMILES string of the molecule is OC(c1sccc1Cl)C1(N2CCOCC2)CCCC1. The molecule has 1 saturated heterocycles. The van der Waals surface area contributed by atoms with Crippen molar-refractivity contribution < 1.29 is 9.84 Å². The predicted molar refractivity (Wildman–Crippen MR) is 77.9 cm³/mol. The molecule has 2 aliphatic rings. The summed E-state index contributed by atoms with van der Waals surface area (Å²) in [7, 11) is 0. The molecule has 0 aromatic carbocycles. The molecule has 106 valence electrons. The monoisotopic (exact) mass is 301 g/mol. The van der Waals surface area contributed by atoms with Crippen molar-refractivity contribution in [2.45, 2.75) is 37.3 Å². The first-order valence-corrected chi connectivity index (χ1v) is 8.23. The van der Waals surface area contributed by atoms with Gasteiger partial charge in [-0.05, 0) is 24.3 Å². The van der Waals surface area contributed by atoms with Gasteiger partial charge in [-0.2, -0.15) is 0 Å². The Morgan fingerprint density at radius 3 is 2.58 bits per heavy atom. The van der Waals surface area contributed by atoms with E-state index in [1.54, 1.807) is 11.3 Å². The summed E-state index contributed by atoms with van der Waals surface area (Å²) in [6.45, 7) is 3.37. The number of nitrogens with zero attached hydrogens (tertiary/aromatic N) is 1. The summed E-state index contributed by atoms with van der Waals surface area (Å²) >= 11 is 7.79. The summed E-state index contributed by atoms with van der Waals surface area (Å²) in [4.78, 5) is 3.36. The molecule has 0 spiro atoms. The van der Waals surface area contributed by atoms with Gasteiger partial charge in [0.1, 0.15) is 6.10 Å². The molecule has 1 N–H and O–H groups in total. The summed E-state index contributed by atoms with van der Waals surface area (Å²) in [5, 5.41) is 13.6. The van der Waals surface area contributed by atoms with Gasteiger partial charge in [0.15, 0.2) is 0 Å². The van der Waals surface area contributed by atoms with Crippen LogP contribution in [0.5, 0.6) is 0 Å². The van der Waals surface area contributed by atoms with Crippen LogP contribution < -0.4 is 0 Å². The van der Waals surface area contributed by atoms with Crippen molar-refractivity contribution in [1.29, 1.82) is 0 Å². The fourth-order valence-electron chi connectivity index (χ4n) is 3.50. The van der Waals surface area contributed by atoms with Crippen LogP contribution >= 0.6 is 22.9 Å². The topological polar surface area (TPSA) is 32.7 Å². The van der Waals surface area contributed by atoms with Gasteiger partial charge in [0.2, 0.25) is 0 Å². The van der Waals surface area contributed by atoms with Crippen molar-refractivity contribution >= 4 is 22.9 Å². The molecule has 1 aliphatic heterocycles. The van der Waals surface area contributed by atoms with E-state index < -0.39 is 6.10 Å². The van der Waals surface area contributed by atoms with Crippen LogP contribution in [0, 0.1) is 0 Å². The average molecular weight is 302 g/mol. The minimum Gasteiger partial charge on any atom is -0.386 e. The van der Waals surface area contributed by atoms with E-state index in [2.05, 4.69) is 4.90 Å². The molecule has 1 aliphatic carbocycles. The Kier molecular flexibility index (Phi) is 4.15. The van der Waals surface area contributed by atoms with Crippen LogP contribution in [0.2, 0.25) is 5.02 Å². The highest BCUT2D eigenvalue weighted by Gasteiger charge is 2.47. The van der Waals surface area contributed by atoms with Crippen molar-refractivity contribution in [2.24, 2.45) is 0 Å². The lowest BCUT2D eigenvalue weighted by atomic mass is 9.86. The van der Waals surface area contributed by atoms with Crippen molar-refractivity contribution in [3.63, 3.8) is 0 Å². The van der Waals surface area contributed by atoms with Crippen molar-refractivity contribution in [1.82, 2.24) is 4.90 Å². The largest absolute Gasteiger partial charge is 0.386 e. The quantitative estimate of drug-likeness (QED) is 0.931. The molecule has 1 saturated carbocycles. The maximum absolute atomic E-state index is 10.9. The molecular formula is C14H20ClNO2S. The molecule has 3 nitrogen and oxygen atoms in total. The number of aliphatic hydroxyl groups is 1. The lowest BCUT2D eigenvalue weighted by molar-refractivity contribution is -0.0763. The van der Waals surface area contributed by atoms with E-state index in [1.165, 1.54) is 12.8 Å². The van der Waals surface area contributed by atoms with E-state index in [4.69, 9.17) is 16.3 Å². The number of aliphatic hydroxyl groups excluding tert-OH is 1. The van der Waals surface area contributed by atoms with Gasteiger partial charge in [-0.25, -0.2) is 0 Å². The van der Waals surface area contributed by atoms with E-state index in [9.17, 15) is 5.11 Å². The van der Waals surface area contributed by atoms with Crippen molar-refractivity contribution in [3.8, 4) is 0 Å². The zero-order valence-corrected chi connectivity index (χ0v) is 12.6. The van der Waals surface area contributed by atoms with E-state index in [0.717, 1.165) is 44.0 Å². The summed E-state index contributed by atoms with van der Waals surface area (Å²) in [5.41, 5.74) is -0.127. The normalized spacial score (nSPS) is 25.6. The van der Waals surface area contributed by atoms with Crippen LogP contribution in [-0.2, 0) is 4.74 Å². The van der Waals surface area contributed by atoms with Crippen molar-refractivity contribution in [3.05, 3.63) is 21.3 Å². The Morgan fingerprint density at radius 1 is 1.32 bits per heavy atom. The van der Waals surface area contributed by atoms with Crippen LogP contribution in [0.1, 0.15) is 36.7 Å². The number of morpholine rings is 1. The fraction of sp³-hybridized carbons (Fsp3) is 0.714. The molecular weight excluding hydrogens is 282 g/mol. The van der Waals surface area contributed by atoms with Gasteiger partial charge in [-0.3, -0.25) is 4.90 Å². The molecule has 1 unspecified atom stereocenters. The van der Waals surface area contributed by atoms with Gasteiger partial charge in [0.25, 0.3) is 0 Å². The zero-order chi connectivity index (χ0) is 13.3. The average Bonchev–Trinajstić information content (AvgIpc) is 3.08. The second-order valence-corrected chi connectivity index (χ2v) is 6.80. The summed E-state index contributed by atoms with van der Waals surface area (Å²) in [6.07, 6.45) is 4.03. The third kappa shape index (κ3) is 2.45. The van der Waals surface area contributed by atoms with Gasteiger partial charge in [0, 0.05) is 13.1 Å². The van der Waals surface area contributed by atoms with E-state index >= 15 is 0 Å². The second kappa shape index (κ2) is 5.70. The lowest BCUT2D eigenvalue weighted by Gasteiger charge is -2.46. The molecule has 2 fully saturated rings. The minimum atomic E-state index is -0.472. The van der Waals surface area contributed by atoms with E-state index in [-0.39, 0.29) is 5.54 Å². The number of rotatable bonds is 3. The molecule has 2 heterocycles. The maximum atomic E-state index is 10.9. The predicted octanol–water partition coefficient (Wildman–Crippen LogP) is 3.08. The Morgan fingerprint density at radius 2 is 2.00 bits per heavy atom. The molecule has 0 bridgehead atoms. The molecule has 1 atom stereocenters. The minimum absolute atomic E-state index is 0.127. The molecule has 5 heteroatoms. The number of hydrogen-bond donors (Lipinski definition) is 1. The zero-order valence-electron chi connectivity index (χ0n) is 11.0. The van der Waals surface area contributed by atoms with Gasteiger partial charge in [0.05, 0.1) is 28.7 Å². The van der Waals surface area contributed by atoms with Crippen molar-refractivity contribution in [2.75, 3.05) is 26.3 Å². The van der Waals surface area contributed by atoms with E-state index in [1.807, 2.05) is 11.4 Å². The smallest absolute Gasteiger partial charge is 0.108 e. The molecule has 0 amide bonds. The number of halogens is 1. The first kappa shape index (κ1) is 13.8. The second-order valence-electron chi connectivity index (χ2n) is 5.45. The van der Waals surface area contributed by atoms with Gasteiger partial charge in [-0.15, -0.1) is 11.3 Å². The highest BCUT2D eigenvalue weighted by Crippen LogP contribution is 2.47. The highest BCUT2D eigenvalue weighted by atomic mass is 35.5. The molecule has 1 aromatic heterocycles. The third-order valence-corrected chi connectivity index (χ3v) is 5.92. The van der Waals surface area contributed by atoms with Crippen LogP contribution in [0.4, 0.5) is 0 Å². The van der Waals surface area contributed by atoms with E-state index in [0.29, 0.717) is 5.02 Å². The Bertz CT molecular complexity index is 425. The van der Waals surface area contributed by atoms with Crippen LogP contribution in [-0.4, -0.2) is 41.8 Å². The summed E-state index contributed by atoms with van der Waals surface area (Å²) in [5.74, 6) is 0. The molecule has 0 radical (unpaired) electrons. The van der Waals surface area contributed by atoms with Gasteiger partial charge in [-0.1, -0.05) is 24.4 Å². The molecule has 1 aromatic rings. The molecule has 19 heavy (non-hydrogen) atoms. The first-order valence-electron chi connectivity index (χ1n) is 6.98. The Hall–Kier alpha value is -0.130.